The van der Waals surface area contributed by atoms with Crippen LogP contribution in [0.15, 0.2) is 11.6 Å². The molecule has 92 valence electrons. The average Bonchev–Trinajstić information content (AvgIpc) is 2.24. The first-order valence-electron chi connectivity index (χ1n) is 5.15. The van der Waals surface area contributed by atoms with Crippen LogP contribution in [0.2, 0.25) is 0 Å². The minimum Gasteiger partial charge on any atom is -0.394 e. The molecule has 0 bridgehead atoms. The van der Waals surface area contributed by atoms with E-state index >= 15 is 0 Å². The Morgan fingerprint density at radius 2 is 1.27 bits per heavy atom. The zero-order chi connectivity index (χ0) is 11.9. The maximum atomic E-state index is 8.26. The van der Waals surface area contributed by atoms with Gasteiger partial charge in [0.25, 0.3) is 0 Å². The standard InChI is InChI=1S/C6H14O4.C5H10/c7-1-3-9-5-6-10-4-2-8;1-4-5(2)3/h7-8H,1-6H2;4H,1-3H3. The molecule has 0 aliphatic carbocycles. The number of hydrogen-bond donors (Lipinski definition) is 2. The Labute approximate surface area is 92.5 Å². The third-order valence-corrected chi connectivity index (χ3v) is 1.42. The van der Waals surface area contributed by atoms with Gasteiger partial charge in [-0.15, -0.1) is 0 Å². The van der Waals surface area contributed by atoms with E-state index in [-0.39, 0.29) is 13.2 Å². The normalized spacial score (nSPS) is 9.13. The van der Waals surface area contributed by atoms with Crippen LogP contribution >= 0.6 is 0 Å². The first-order valence-corrected chi connectivity index (χ1v) is 5.15. The maximum absolute atomic E-state index is 8.26. The van der Waals surface area contributed by atoms with Gasteiger partial charge in [0.05, 0.1) is 39.6 Å². The van der Waals surface area contributed by atoms with E-state index in [0.717, 1.165) is 0 Å². The van der Waals surface area contributed by atoms with Gasteiger partial charge in [-0.1, -0.05) is 11.6 Å². The van der Waals surface area contributed by atoms with Gasteiger partial charge in [0.2, 0.25) is 0 Å². The molecule has 0 aliphatic rings. The van der Waals surface area contributed by atoms with Gasteiger partial charge in [-0.25, -0.2) is 0 Å². The van der Waals surface area contributed by atoms with Gasteiger partial charge in [-0.05, 0) is 20.8 Å². The highest BCUT2D eigenvalue weighted by Gasteiger charge is 1.86. The summed E-state index contributed by atoms with van der Waals surface area (Å²) in [7, 11) is 0. The summed E-state index contributed by atoms with van der Waals surface area (Å²) in [6, 6.07) is 0. The van der Waals surface area contributed by atoms with Crippen LogP contribution in [0.5, 0.6) is 0 Å². The number of aliphatic hydroxyl groups is 2. The van der Waals surface area contributed by atoms with Crippen LogP contribution in [0.4, 0.5) is 0 Å². The molecule has 0 rings (SSSR count). The molecule has 0 unspecified atom stereocenters. The predicted octanol–water partition coefficient (Wildman–Crippen LogP) is 0.977. The molecular formula is C11H24O4. The fourth-order valence-electron chi connectivity index (χ4n) is 0.451. The van der Waals surface area contributed by atoms with Crippen LogP contribution < -0.4 is 0 Å². The van der Waals surface area contributed by atoms with Crippen molar-refractivity contribution in [2.24, 2.45) is 0 Å². The molecule has 0 heterocycles. The molecule has 0 radical (unpaired) electrons. The zero-order valence-corrected chi connectivity index (χ0v) is 10.0. The van der Waals surface area contributed by atoms with Gasteiger partial charge in [0, 0.05) is 0 Å². The van der Waals surface area contributed by atoms with E-state index in [1.165, 1.54) is 5.57 Å². The minimum atomic E-state index is 0.0417. The Hall–Kier alpha value is -0.420. The summed E-state index contributed by atoms with van der Waals surface area (Å²) >= 11 is 0. The van der Waals surface area contributed by atoms with Gasteiger partial charge in [-0.2, -0.15) is 0 Å². The highest BCUT2D eigenvalue weighted by molar-refractivity contribution is 4.88. The van der Waals surface area contributed by atoms with Crippen molar-refractivity contribution in [3.05, 3.63) is 11.6 Å². The fourth-order valence-corrected chi connectivity index (χ4v) is 0.451. The topological polar surface area (TPSA) is 58.9 Å². The van der Waals surface area contributed by atoms with E-state index in [9.17, 15) is 0 Å². The van der Waals surface area contributed by atoms with Gasteiger partial charge >= 0.3 is 0 Å². The molecule has 0 atom stereocenters. The second-order valence-electron chi connectivity index (χ2n) is 3.04. The molecule has 0 amide bonds. The number of rotatable bonds is 7. The lowest BCUT2D eigenvalue weighted by Gasteiger charge is -2.01. The van der Waals surface area contributed by atoms with Crippen LogP contribution in [0.3, 0.4) is 0 Å². The van der Waals surface area contributed by atoms with E-state index in [1.807, 2.05) is 6.92 Å². The van der Waals surface area contributed by atoms with Gasteiger partial charge < -0.3 is 19.7 Å². The van der Waals surface area contributed by atoms with Crippen molar-refractivity contribution < 1.29 is 19.7 Å². The lowest BCUT2D eigenvalue weighted by Crippen LogP contribution is -2.09. The Kier molecular flexibility index (Phi) is 18.2. The molecule has 2 N–H and O–H groups in total. The first kappa shape index (κ1) is 17.0. The van der Waals surface area contributed by atoms with Crippen LogP contribution in [0.25, 0.3) is 0 Å². The van der Waals surface area contributed by atoms with Gasteiger partial charge in [0.15, 0.2) is 0 Å². The summed E-state index contributed by atoms with van der Waals surface area (Å²) in [4.78, 5) is 0. The molecule has 0 saturated carbocycles. The third kappa shape index (κ3) is 24.7. The molecule has 0 aromatic rings. The summed E-state index contributed by atoms with van der Waals surface area (Å²) in [5.74, 6) is 0. The highest BCUT2D eigenvalue weighted by Crippen LogP contribution is 1.82. The van der Waals surface area contributed by atoms with E-state index in [0.29, 0.717) is 26.4 Å². The smallest absolute Gasteiger partial charge is 0.0701 e. The van der Waals surface area contributed by atoms with E-state index in [1.54, 1.807) is 0 Å². The monoisotopic (exact) mass is 220 g/mol. The molecule has 4 nitrogen and oxygen atoms in total. The molecule has 0 aliphatic heterocycles. The van der Waals surface area contributed by atoms with Gasteiger partial charge in [0.1, 0.15) is 0 Å². The van der Waals surface area contributed by atoms with Crippen molar-refractivity contribution in [3.63, 3.8) is 0 Å². The lowest BCUT2D eigenvalue weighted by atomic mass is 10.3. The number of aliphatic hydroxyl groups excluding tert-OH is 2. The first-order chi connectivity index (χ1) is 7.18. The van der Waals surface area contributed by atoms with Crippen LogP contribution in [-0.2, 0) is 9.47 Å². The highest BCUT2D eigenvalue weighted by atomic mass is 16.5. The number of allylic oxidation sites excluding steroid dienone is 2. The lowest BCUT2D eigenvalue weighted by molar-refractivity contribution is 0.0222. The van der Waals surface area contributed by atoms with E-state index in [4.69, 9.17) is 19.7 Å². The van der Waals surface area contributed by atoms with E-state index < -0.39 is 0 Å². The summed E-state index contributed by atoms with van der Waals surface area (Å²) in [6.45, 7) is 7.93. The molecule has 15 heavy (non-hydrogen) atoms. The summed E-state index contributed by atoms with van der Waals surface area (Å²) in [5, 5.41) is 16.5. The molecule has 4 heteroatoms. The zero-order valence-electron chi connectivity index (χ0n) is 10.0. The van der Waals surface area contributed by atoms with Gasteiger partial charge in [-0.3, -0.25) is 0 Å². The predicted molar refractivity (Wildman–Crippen MR) is 60.9 cm³/mol. The second-order valence-corrected chi connectivity index (χ2v) is 3.04. The molecule has 0 aromatic carbocycles. The number of hydrogen-bond acceptors (Lipinski definition) is 4. The summed E-state index contributed by atoms with van der Waals surface area (Å²) < 4.78 is 9.75. The van der Waals surface area contributed by atoms with Crippen LogP contribution in [0, 0.1) is 0 Å². The van der Waals surface area contributed by atoms with Crippen LogP contribution in [-0.4, -0.2) is 49.9 Å². The van der Waals surface area contributed by atoms with Crippen molar-refractivity contribution in [3.8, 4) is 0 Å². The Morgan fingerprint density at radius 3 is 1.47 bits per heavy atom. The van der Waals surface area contributed by atoms with E-state index in [2.05, 4.69) is 19.9 Å². The Morgan fingerprint density at radius 1 is 0.933 bits per heavy atom. The van der Waals surface area contributed by atoms with Crippen molar-refractivity contribution in [1.82, 2.24) is 0 Å². The Bertz CT molecular complexity index is 123. The summed E-state index contributed by atoms with van der Waals surface area (Å²) in [5.41, 5.74) is 1.38. The largest absolute Gasteiger partial charge is 0.394 e. The van der Waals surface area contributed by atoms with Crippen molar-refractivity contribution in [2.75, 3.05) is 39.6 Å². The maximum Gasteiger partial charge on any atom is 0.0701 e. The van der Waals surface area contributed by atoms with Crippen LogP contribution in [0.1, 0.15) is 20.8 Å². The van der Waals surface area contributed by atoms with Crippen molar-refractivity contribution >= 4 is 0 Å². The SMILES string of the molecule is CC=C(C)C.OCCOCCOCCO. The number of ether oxygens (including phenoxy) is 2. The fraction of sp³-hybridized carbons (Fsp3) is 0.818. The third-order valence-electron chi connectivity index (χ3n) is 1.42. The molecule has 0 fully saturated rings. The molecule has 0 aromatic heterocycles. The summed E-state index contributed by atoms with van der Waals surface area (Å²) in [6.07, 6.45) is 2.08. The van der Waals surface area contributed by atoms with Crippen molar-refractivity contribution in [2.45, 2.75) is 20.8 Å². The van der Waals surface area contributed by atoms with Crippen molar-refractivity contribution in [1.29, 1.82) is 0 Å². The minimum absolute atomic E-state index is 0.0417. The Balaban J connectivity index is 0. The second kappa shape index (κ2) is 16.0. The average molecular weight is 220 g/mol. The quantitative estimate of drug-likeness (QED) is 0.496. The molecule has 0 saturated heterocycles. The molecular weight excluding hydrogens is 196 g/mol. The molecule has 0 spiro atoms.